The van der Waals surface area contributed by atoms with E-state index in [0.29, 0.717) is 16.7 Å². The lowest BCUT2D eigenvalue weighted by molar-refractivity contribution is 0.0750. The maximum absolute atomic E-state index is 13.7. The summed E-state index contributed by atoms with van der Waals surface area (Å²) in [5.74, 6) is -1.62. The molecule has 0 spiro atoms. The van der Waals surface area contributed by atoms with Crippen molar-refractivity contribution in [2.24, 2.45) is 0 Å². The van der Waals surface area contributed by atoms with E-state index in [4.69, 9.17) is 0 Å². The van der Waals surface area contributed by atoms with Gasteiger partial charge in [0.1, 0.15) is 17.5 Å². The number of hydrogen-bond donors (Lipinski definition) is 2. The summed E-state index contributed by atoms with van der Waals surface area (Å²) < 4.78 is 91.9. The van der Waals surface area contributed by atoms with Crippen molar-refractivity contribution >= 4 is 44.0 Å². The van der Waals surface area contributed by atoms with Gasteiger partial charge in [-0.25, -0.2) is 30.0 Å². The topological polar surface area (TPSA) is 109 Å². The fourth-order valence-corrected chi connectivity index (χ4v) is 9.00. The van der Waals surface area contributed by atoms with Crippen LogP contribution in [0.2, 0.25) is 0 Å². The van der Waals surface area contributed by atoms with Gasteiger partial charge in [0.25, 0.3) is 0 Å². The molecular weight excluding hydrogens is 770 g/mol. The van der Waals surface area contributed by atoms with Crippen molar-refractivity contribution in [2.75, 3.05) is 0 Å². The second-order valence-electron chi connectivity index (χ2n) is 14.1. The van der Waals surface area contributed by atoms with Crippen molar-refractivity contribution in [1.82, 2.24) is 0 Å². The van der Waals surface area contributed by atoms with Crippen LogP contribution < -0.4 is 0 Å². The average Bonchev–Trinajstić information content (AvgIpc) is 3.17. The fraction of sp³-hybridized carbons (Fsp3) is 0.130. The van der Waals surface area contributed by atoms with Crippen LogP contribution in [-0.4, -0.2) is 27.0 Å². The number of halogens is 3. The molecule has 0 aliphatic heterocycles. The molecule has 11 heteroatoms. The van der Waals surface area contributed by atoms with Crippen molar-refractivity contribution in [1.29, 1.82) is 0 Å². The maximum Gasteiger partial charge on any atom is 0.206 e. The van der Waals surface area contributed by atoms with Crippen LogP contribution in [0.15, 0.2) is 159 Å². The lowest BCUT2D eigenvalue weighted by atomic mass is 9.99. The SMILES string of the molecule is CC(C)(O)c1ccccc1S(=O)(=O)c1ccc(C=Cc2ccc(F)cc2)cc1.CC(C)(O)c1ccccc1S(=O)(=O)c1ccc(C=Cc2ccc(F)cc2F)cc1. The highest BCUT2D eigenvalue weighted by Crippen LogP contribution is 2.33. The summed E-state index contributed by atoms with van der Waals surface area (Å²) in [7, 11) is -7.60. The largest absolute Gasteiger partial charge is 0.386 e. The molecule has 0 heterocycles. The van der Waals surface area contributed by atoms with Gasteiger partial charge in [-0.05, 0) is 105 Å². The zero-order chi connectivity index (χ0) is 41.6. The van der Waals surface area contributed by atoms with Gasteiger partial charge in [-0.1, -0.05) is 97.1 Å². The predicted octanol–water partition coefficient (Wildman–Crippen LogP) is 10.3. The van der Waals surface area contributed by atoms with E-state index in [0.717, 1.165) is 17.2 Å². The minimum absolute atomic E-state index is 0.0455. The number of hydrogen-bond acceptors (Lipinski definition) is 6. The molecule has 0 saturated carbocycles. The molecule has 0 saturated heterocycles. The Morgan fingerprint density at radius 1 is 0.456 bits per heavy atom. The molecule has 0 amide bonds. The molecular formula is C46H41F3O6S2. The highest BCUT2D eigenvalue weighted by Gasteiger charge is 2.29. The Hall–Kier alpha value is -5.59. The van der Waals surface area contributed by atoms with Crippen LogP contribution in [0.1, 0.15) is 61.1 Å². The molecule has 6 nitrogen and oxygen atoms in total. The minimum atomic E-state index is -3.83. The smallest absolute Gasteiger partial charge is 0.206 e. The molecule has 294 valence electrons. The lowest BCUT2D eigenvalue weighted by Crippen LogP contribution is -2.20. The summed E-state index contributed by atoms with van der Waals surface area (Å²) in [6, 6.07) is 34.8. The Labute approximate surface area is 331 Å². The summed E-state index contributed by atoms with van der Waals surface area (Å²) in [5, 5.41) is 20.6. The highest BCUT2D eigenvalue weighted by molar-refractivity contribution is 7.91. The summed E-state index contributed by atoms with van der Waals surface area (Å²) in [5.41, 5.74) is 0.625. The van der Waals surface area contributed by atoms with Gasteiger partial charge in [0, 0.05) is 22.8 Å². The summed E-state index contributed by atoms with van der Waals surface area (Å²) in [6.45, 7) is 6.18. The third kappa shape index (κ3) is 10.6. The van der Waals surface area contributed by atoms with Gasteiger partial charge in [0.2, 0.25) is 19.7 Å². The first-order valence-electron chi connectivity index (χ1n) is 17.7. The molecule has 6 aromatic rings. The van der Waals surface area contributed by atoms with Gasteiger partial charge in [0.15, 0.2) is 0 Å². The normalized spacial score (nSPS) is 12.4. The van der Waals surface area contributed by atoms with Gasteiger partial charge in [-0.15, -0.1) is 0 Å². The molecule has 2 N–H and O–H groups in total. The standard InChI is InChI=1S/C23H20F2O3S.C23H21FO3S/c1-23(2,26)20-5-3-4-6-22(20)29(27,28)19-13-8-16(9-14-19)7-10-17-11-12-18(24)15-21(17)25;1-23(2,25)21-5-3-4-6-22(21)28(26,27)20-15-11-18(12-16-20)8-7-17-9-13-19(24)14-10-17/h3-15,26H,1-2H3;3-16,25H,1-2H3. The quantitative estimate of drug-likeness (QED) is 0.133. The average molecular weight is 811 g/mol. The predicted molar refractivity (Wildman–Crippen MR) is 218 cm³/mol. The van der Waals surface area contributed by atoms with Crippen LogP contribution in [-0.2, 0) is 30.9 Å². The van der Waals surface area contributed by atoms with Crippen LogP contribution in [0.3, 0.4) is 0 Å². The number of aliphatic hydroxyl groups is 2. The van der Waals surface area contributed by atoms with Crippen LogP contribution in [0.4, 0.5) is 13.2 Å². The van der Waals surface area contributed by atoms with Gasteiger partial charge < -0.3 is 10.2 Å². The van der Waals surface area contributed by atoms with Crippen molar-refractivity contribution in [2.45, 2.75) is 58.5 Å². The van der Waals surface area contributed by atoms with Gasteiger partial charge in [0.05, 0.1) is 30.8 Å². The Morgan fingerprint density at radius 2 is 0.807 bits per heavy atom. The Balaban J connectivity index is 0.000000218. The minimum Gasteiger partial charge on any atom is -0.386 e. The van der Waals surface area contributed by atoms with Gasteiger partial charge >= 0.3 is 0 Å². The molecule has 6 rings (SSSR count). The molecule has 0 radical (unpaired) electrons. The van der Waals surface area contributed by atoms with Gasteiger partial charge in [-0.2, -0.15) is 0 Å². The molecule has 6 aromatic carbocycles. The van der Waals surface area contributed by atoms with Crippen LogP contribution >= 0.6 is 0 Å². The van der Waals surface area contributed by atoms with E-state index in [-0.39, 0.29) is 31.0 Å². The number of benzene rings is 6. The second kappa shape index (κ2) is 17.3. The molecule has 0 bridgehead atoms. The monoisotopic (exact) mass is 810 g/mol. The first-order chi connectivity index (χ1) is 26.8. The number of sulfone groups is 2. The van der Waals surface area contributed by atoms with Crippen molar-refractivity contribution in [3.63, 3.8) is 0 Å². The molecule has 57 heavy (non-hydrogen) atoms. The Kier molecular flexibility index (Phi) is 12.9. The van der Waals surface area contributed by atoms with E-state index in [9.17, 15) is 40.2 Å². The van der Waals surface area contributed by atoms with E-state index < -0.39 is 42.5 Å². The summed E-state index contributed by atoms with van der Waals surface area (Å²) in [4.78, 5) is 0.378. The second-order valence-corrected chi connectivity index (χ2v) is 18.0. The van der Waals surface area contributed by atoms with Crippen LogP contribution in [0, 0.1) is 17.5 Å². The molecule has 0 aliphatic rings. The third-order valence-corrected chi connectivity index (χ3v) is 12.5. The molecule has 0 unspecified atom stereocenters. The van der Waals surface area contributed by atoms with Crippen molar-refractivity contribution in [3.8, 4) is 0 Å². The highest BCUT2D eigenvalue weighted by atomic mass is 32.2. The fourth-order valence-electron chi connectivity index (χ4n) is 5.77. The maximum atomic E-state index is 13.7. The lowest BCUT2D eigenvalue weighted by Gasteiger charge is -2.21. The Morgan fingerprint density at radius 3 is 1.19 bits per heavy atom. The summed E-state index contributed by atoms with van der Waals surface area (Å²) in [6.07, 6.45) is 6.75. The Bertz CT molecular complexity index is 2620. The van der Waals surface area contributed by atoms with E-state index in [1.807, 2.05) is 12.2 Å². The van der Waals surface area contributed by atoms with E-state index in [2.05, 4.69) is 0 Å². The zero-order valence-corrected chi connectivity index (χ0v) is 33.2. The molecule has 0 aliphatic carbocycles. The van der Waals surface area contributed by atoms with Crippen LogP contribution in [0.5, 0.6) is 0 Å². The molecule has 0 fully saturated rings. The van der Waals surface area contributed by atoms with E-state index >= 15 is 0 Å². The van der Waals surface area contributed by atoms with Crippen molar-refractivity contribution in [3.05, 3.63) is 190 Å². The molecule has 0 atom stereocenters. The van der Waals surface area contributed by atoms with Crippen LogP contribution in [0.25, 0.3) is 24.3 Å². The van der Waals surface area contributed by atoms with Gasteiger partial charge in [-0.3, -0.25) is 0 Å². The zero-order valence-electron chi connectivity index (χ0n) is 31.6. The van der Waals surface area contributed by atoms with E-state index in [1.54, 1.807) is 105 Å². The van der Waals surface area contributed by atoms with E-state index in [1.165, 1.54) is 68.5 Å². The first-order valence-corrected chi connectivity index (χ1v) is 20.6. The number of rotatable bonds is 10. The molecule has 0 aromatic heterocycles. The summed E-state index contributed by atoms with van der Waals surface area (Å²) >= 11 is 0. The third-order valence-electron chi connectivity index (χ3n) is 8.81. The first kappa shape index (κ1) is 42.6. The van der Waals surface area contributed by atoms with Crippen molar-refractivity contribution < 1.29 is 40.2 Å².